The Bertz CT molecular complexity index is 1350. The molecule has 4 rings (SSSR count). The van der Waals surface area contributed by atoms with Crippen LogP contribution in [0.25, 0.3) is 11.1 Å². The largest absolute Gasteiger partial charge is 0.496 e. The molecule has 0 saturated heterocycles. The van der Waals surface area contributed by atoms with E-state index in [0.717, 1.165) is 16.9 Å². The summed E-state index contributed by atoms with van der Waals surface area (Å²) in [5.41, 5.74) is 3.02. The fraction of sp³-hybridized carbons (Fsp3) is 0.125. The minimum atomic E-state index is -0.414. The van der Waals surface area contributed by atoms with E-state index in [4.69, 9.17) is 26.3 Å². The molecule has 8 nitrogen and oxygen atoms in total. The van der Waals surface area contributed by atoms with Gasteiger partial charge in [0.05, 0.1) is 30.9 Å². The quantitative estimate of drug-likeness (QED) is 0.362. The van der Waals surface area contributed by atoms with Gasteiger partial charge in [-0.05, 0) is 41.2 Å². The standard InChI is InChI=1S/C24H18ClN5O3S/c1-32-21-5-3-2-4-18(21)20-13-27-17(10-11-26)12-19(20)22(31)28-23-29-30-24(34-23)33-14-15-6-8-16(25)9-7-15/h2-9,12-13H,10,14H2,1H3,(H,28,29,31). The van der Waals surface area contributed by atoms with Crippen LogP contribution in [0.1, 0.15) is 21.6 Å². The van der Waals surface area contributed by atoms with E-state index in [2.05, 4.69) is 26.6 Å². The zero-order valence-corrected chi connectivity index (χ0v) is 19.6. The van der Waals surface area contributed by atoms with Crippen LogP contribution in [0.3, 0.4) is 0 Å². The number of carbonyl (C=O) groups excluding carboxylic acids is 1. The number of carbonyl (C=O) groups is 1. The third-order valence-electron chi connectivity index (χ3n) is 4.77. The molecule has 0 aliphatic carbocycles. The molecule has 0 saturated carbocycles. The van der Waals surface area contributed by atoms with Gasteiger partial charge in [-0.2, -0.15) is 5.26 Å². The summed E-state index contributed by atoms with van der Waals surface area (Å²) in [5, 5.41) is 21.0. The molecule has 1 N–H and O–H groups in total. The molecule has 0 atom stereocenters. The molecule has 0 fully saturated rings. The van der Waals surface area contributed by atoms with Crippen molar-refractivity contribution in [2.75, 3.05) is 12.4 Å². The van der Waals surface area contributed by atoms with Gasteiger partial charge in [0.15, 0.2) is 0 Å². The van der Waals surface area contributed by atoms with Crippen LogP contribution in [0.5, 0.6) is 10.9 Å². The summed E-state index contributed by atoms with van der Waals surface area (Å²) in [6, 6.07) is 18.2. The molecular formula is C24H18ClN5O3S. The maximum absolute atomic E-state index is 13.2. The van der Waals surface area contributed by atoms with Crippen LogP contribution >= 0.6 is 22.9 Å². The number of para-hydroxylation sites is 1. The molecule has 0 aliphatic heterocycles. The van der Waals surface area contributed by atoms with E-state index in [0.29, 0.717) is 45.0 Å². The Hall–Kier alpha value is -4.00. The summed E-state index contributed by atoms with van der Waals surface area (Å²) in [7, 11) is 1.56. The highest BCUT2D eigenvalue weighted by molar-refractivity contribution is 7.17. The van der Waals surface area contributed by atoms with Gasteiger partial charge in [-0.3, -0.25) is 15.1 Å². The maximum atomic E-state index is 13.2. The van der Waals surface area contributed by atoms with Crippen LogP contribution in [0.4, 0.5) is 5.13 Å². The molecule has 0 aliphatic rings. The van der Waals surface area contributed by atoms with E-state index in [9.17, 15) is 4.79 Å². The molecule has 2 aromatic carbocycles. The average Bonchev–Trinajstić information content (AvgIpc) is 3.31. The smallest absolute Gasteiger partial charge is 0.296 e. The number of methoxy groups -OCH3 is 1. The number of nitrogens with zero attached hydrogens (tertiary/aromatic N) is 4. The number of ether oxygens (including phenoxy) is 2. The normalized spacial score (nSPS) is 10.4. The van der Waals surface area contributed by atoms with Crippen LogP contribution in [-0.4, -0.2) is 28.2 Å². The number of halogens is 1. The first-order chi connectivity index (χ1) is 16.6. The minimum absolute atomic E-state index is 0.0774. The van der Waals surface area contributed by atoms with Crippen molar-refractivity contribution in [3.8, 4) is 28.1 Å². The van der Waals surface area contributed by atoms with Crippen molar-refractivity contribution in [2.45, 2.75) is 13.0 Å². The van der Waals surface area contributed by atoms with Crippen molar-refractivity contribution in [2.24, 2.45) is 0 Å². The minimum Gasteiger partial charge on any atom is -0.496 e. The fourth-order valence-corrected chi connectivity index (χ4v) is 3.87. The molecule has 2 heterocycles. The van der Waals surface area contributed by atoms with Crippen molar-refractivity contribution in [1.29, 1.82) is 5.26 Å². The summed E-state index contributed by atoms with van der Waals surface area (Å²) < 4.78 is 11.1. The van der Waals surface area contributed by atoms with E-state index < -0.39 is 5.91 Å². The summed E-state index contributed by atoms with van der Waals surface area (Å²) in [6.07, 6.45) is 1.65. The van der Waals surface area contributed by atoms with E-state index >= 15 is 0 Å². The topological polar surface area (TPSA) is 110 Å². The van der Waals surface area contributed by atoms with Crippen LogP contribution in [-0.2, 0) is 13.0 Å². The van der Waals surface area contributed by atoms with E-state index in [-0.39, 0.29) is 11.6 Å². The Morgan fingerprint density at radius 3 is 2.71 bits per heavy atom. The van der Waals surface area contributed by atoms with Crippen LogP contribution in [0, 0.1) is 11.3 Å². The number of anilines is 1. The first-order valence-electron chi connectivity index (χ1n) is 10.1. The van der Waals surface area contributed by atoms with Crippen molar-refractivity contribution in [3.63, 3.8) is 0 Å². The summed E-state index contributed by atoms with van der Waals surface area (Å²) in [5.74, 6) is 0.183. The van der Waals surface area contributed by atoms with Gasteiger partial charge >= 0.3 is 0 Å². The zero-order valence-electron chi connectivity index (χ0n) is 18.0. The predicted molar refractivity (Wildman–Crippen MR) is 129 cm³/mol. The Morgan fingerprint density at radius 1 is 1.15 bits per heavy atom. The molecule has 0 bridgehead atoms. The number of aromatic nitrogens is 3. The number of nitrogens with one attached hydrogen (secondary N) is 1. The Labute approximate surface area is 204 Å². The number of hydrogen-bond acceptors (Lipinski definition) is 8. The van der Waals surface area contributed by atoms with Gasteiger partial charge in [0, 0.05) is 22.3 Å². The van der Waals surface area contributed by atoms with E-state index in [1.807, 2.05) is 30.3 Å². The van der Waals surface area contributed by atoms with Crippen molar-refractivity contribution >= 4 is 34.0 Å². The molecule has 0 radical (unpaired) electrons. The summed E-state index contributed by atoms with van der Waals surface area (Å²) in [4.78, 5) is 17.5. The van der Waals surface area contributed by atoms with E-state index in [1.54, 1.807) is 37.6 Å². The molecule has 170 valence electrons. The van der Waals surface area contributed by atoms with Gasteiger partial charge in [0.1, 0.15) is 12.4 Å². The number of amides is 1. The first-order valence-corrected chi connectivity index (χ1v) is 11.3. The maximum Gasteiger partial charge on any atom is 0.296 e. The second kappa shape index (κ2) is 10.7. The Kier molecular flexibility index (Phi) is 7.32. The van der Waals surface area contributed by atoms with Gasteiger partial charge in [-0.25, -0.2) is 0 Å². The van der Waals surface area contributed by atoms with Crippen molar-refractivity contribution < 1.29 is 14.3 Å². The molecule has 0 spiro atoms. The molecule has 0 unspecified atom stereocenters. The predicted octanol–water partition coefficient (Wildman–Crippen LogP) is 5.16. The Balaban J connectivity index is 1.55. The highest BCUT2D eigenvalue weighted by Gasteiger charge is 2.19. The third-order valence-corrected chi connectivity index (χ3v) is 5.77. The molecule has 1 amide bonds. The zero-order chi connectivity index (χ0) is 23.9. The number of rotatable bonds is 8. The van der Waals surface area contributed by atoms with E-state index in [1.165, 1.54) is 0 Å². The van der Waals surface area contributed by atoms with Gasteiger partial charge in [0.25, 0.3) is 11.1 Å². The van der Waals surface area contributed by atoms with Crippen LogP contribution < -0.4 is 14.8 Å². The second-order valence-corrected chi connectivity index (χ2v) is 8.38. The van der Waals surface area contributed by atoms with Crippen LogP contribution in [0.2, 0.25) is 5.02 Å². The fourth-order valence-electron chi connectivity index (χ4n) is 3.15. The third kappa shape index (κ3) is 5.49. The monoisotopic (exact) mass is 491 g/mol. The lowest BCUT2D eigenvalue weighted by atomic mass is 9.99. The molecule has 2 aromatic heterocycles. The SMILES string of the molecule is COc1ccccc1-c1cnc(CC#N)cc1C(=O)Nc1nnc(OCc2ccc(Cl)cc2)s1. The second-order valence-electron chi connectivity index (χ2n) is 7.00. The number of benzene rings is 2. The highest BCUT2D eigenvalue weighted by atomic mass is 35.5. The lowest BCUT2D eigenvalue weighted by molar-refractivity contribution is 0.102. The molecular weight excluding hydrogens is 474 g/mol. The molecule has 34 heavy (non-hydrogen) atoms. The number of hydrogen-bond donors (Lipinski definition) is 1. The lowest BCUT2D eigenvalue weighted by Crippen LogP contribution is -2.14. The average molecular weight is 492 g/mol. The van der Waals surface area contributed by atoms with Gasteiger partial charge in [0.2, 0.25) is 5.13 Å². The van der Waals surface area contributed by atoms with Gasteiger partial charge < -0.3 is 9.47 Å². The van der Waals surface area contributed by atoms with Gasteiger partial charge in [-0.15, -0.1) is 5.10 Å². The first kappa shape index (κ1) is 23.2. The molecule has 10 heteroatoms. The van der Waals surface area contributed by atoms with Crippen molar-refractivity contribution in [3.05, 3.63) is 82.6 Å². The lowest BCUT2D eigenvalue weighted by Gasteiger charge is -2.13. The summed E-state index contributed by atoms with van der Waals surface area (Å²) in [6.45, 7) is 0.291. The van der Waals surface area contributed by atoms with Crippen molar-refractivity contribution in [1.82, 2.24) is 15.2 Å². The Morgan fingerprint density at radius 2 is 1.94 bits per heavy atom. The molecule has 4 aromatic rings. The number of pyridine rings is 1. The van der Waals surface area contributed by atoms with Crippen LogP contribution in [0.15, 0.2) is 60.8 Å². The number of nitriles is 1. The summed E-state index contributed by atoms with van der Waals surface area (Å²) >= 11 is 7.00. The van der Waals surface area contributed by atoms with Gasteiger partial charge in [-0.1, -0.05) is 47.0 Å². The highest BCUT2D eigenvalue weighted by Crippen LogP contribution is 2.33.